The van der Waals surface area contributed by atoms with Crippen LogP contribution < -0.4 is 10.6 Å². The summed E-state index contributed by atoms with van der Waals surface area (Å²) in [6, 6.07) is 14.7. The van der Waals surface area contributed by atoms with E-state index >= 15 is 0 Å². The Bertz CT molecular complexity index is 927. The van der Waals surface area contributed by atoms with Crippen molar-refractivity contribution in [2.24, 2.45) is 0 Å². The number of aromatic nitrogens is 2. The third-order valence-electron chi connectivity index (χ3n) is 3.60. The maximum Gasteiger partial charge on any atom is 0.274 e. The average molecular weight is 353 g/mol. The fourth-order valence-electron chi connectivity index (χ4n) is 2.35. The van der Waals surface area contributed by atoms with Gasteiger partial charge >= 0.3 is 0 Å². The van der Waals surface area contributed by atoms with Crippen molar-refractivity contribution in [3.8, 4) is 0 Å². The number of carbonyl (C=O) groups is 1. The highest BCUT2D eigenvalue weighted by atomic mass is 35.5. The van der Waals surface area contributed by atoms with Crippen LogP contribution in [0, 0.1) is 13.8 Å². The summed E-state index contributed by atoms with van der Waals surface area (Å²) in [6.45, 7) is 3.89. The second kappa shape index (κ2) is 7.32. The first-order valence-electron chi connectivity index (χ1n) is 7.75. The van der Waals surface area contributed by atoms with Gasteiger partial charge < -0.3 is 10.6 Å². The normalized spacial score (nSPS) is 10.4. The number of hydrogen-bond donors (Lipinski definition) is 2. The molecule has 1 aromatic heterocycles. The van der Waals surface area contributed by atoms with Gasteiger partial charge in [0.25, 0.3) is 5.91 Å². The number of aryl methyl sites for hydroxylation is 2. The van der Waals surface area contributed by atoms with Crippen LogP contribution in [0.2, 0.25) is 5.02 Å². The van der Waals surface area contributed by atoms with E-state index in [1.54, 1.807) is 30.5 Å². The van der Waals surface area contributed by atoms with E-state index in [1.807, 2.05) is 38.1 Å². The van der Waals surface area contributed by atoms with Crippen LogP contribution in [0.25, 0.3) is 0 Å². The predicted molar refractivity (Wildman–Crippen MR) is 101 cm³/mol. The summed E-state index contributed by atoms with van der Waals surface area (Å²) in [4.78, 5) is 20.9. The van der Waals surface area contributed by atoms with Gasteiger partial charge in [0.1, 0.15) is 5.69 Å². The van der Waals surface area contributed by atoms with Crippen molar-refractivity contribution in [3.05, 3.63) is 76.6 Å². The van der Waals surface area contributed by atoms with Crippen LogP contribution in [0.5, 0.6) is 0 Å². The van der Waals surface area contributed by atoms with E-state index < -0.39 is 0 Å². The molecule has 2 N–H and O–H groups in total. The molecule has 25 heavy (non-hydrogen) atoms. The summed E-state index contributed by atoms with van der Waals surface area (Å²) in [5.41, 5.74) is 3.84. The molecule has 0 saturated carbocycles. The summed E-state index contributed by atoms with van der Waals surface area (Å²) < 4.78 is 0. The van der Waals surface area contributed by atoms with Gasteiger partial charge in [-0.15, -0.1) is 0 Å². The van der Waals surface area contributed by atoms with Gasteiger partial charge in [-0.1, -0.05) is 23.7 Å². The number of amides is 1. The van der Waals surface area contributed by atoms with Gasteiger partial charge in [0.05, 0.1) is 0 Å². The molecule has 0 atom stereocenters. The second-order valence-electron chi connectivity index (χ2n) is 5.67. The number of nitrogens with one attached hydrogen (secondary N) is 2. The Kier molecular flexibility index (Phi) is 4.95. The molecule has 3 aromatic rings. The van der Waals surface area contributed by atoms with Gasteiger partial charge in [-0.2, -0.15) is 0 Å². The third-order valence-corrected chi connectivity index (χ3v) is 3.83. The lowest BCUT2D eigenvalue weighted by molar-refractivity contribution is 0.102. The zero-order chi connectivity index (χ0) is 17.8. The highest BCUT2D eigenvalue weighted by molar-refractivity contribution is 6.30. The quantitative estimate of drug-likeness (QED) is 0.711. The molecular formula is C19H17ClN4O. The first-order chi connectivity index (χ1) is 12.0. The summed E-state index contributed by atoms with van der Waals surface area (Å²) in [7, 11) is 0. The standard InChI is InChI=1S/C19H17ClN4O/c1-12-4-3-5-15(10-12)22-19-21-9-8-17(24-19)18(25)23-16-7-6-14(20)11-13(16)2/h3-11H,1-2H3,(H,23,25)(H,21,22,24). The number of benzene rings is 2. The van der Waals surface area contributed by atoms with Gasteiger partial charge in [0.2, 0.25) is 5.95 Å². The SMILES string of the molecule is Cc1cccc(Nc2nccc(C(=O)Nc3ccc(Cl)cc3C)n2)c1. The van der Waals surface area contributed by atoms with Gasteiger partial charge in [0, 0.05) is 22.6 Å². The Morgan fingerprint density at radius 3 is 2.68 bits per heavy atom. The highest BCUT2D eigenvalue weighted by Crippen LogP contribution is 2.20. The van der Waals surface area contributed by atoms with Crippen LogP contribution in [0.3, 0.4) is 0 Å². The predicted octanol–water partition coefficient (Wildman–Crippen LogP) is 4.74. The van der Waals surface area contributed by atoms with Gasteiger partial charge in [0.15, 0.2) is 0 Å². The van der Waals surface area contributed by atoms with E-state index in [-0.39, 0.29) is 11.6 Å². The Morgan fingerprint density at radius 2 is 1.92 bits per heavy atom. The summed E-state index contributed by atoms with van der Waals surface area (Å²) >= 11 is 5.94. The maximum atomic E-state index is 12.4. The minimum absolute atomic E-state index is 0.277. The molecule has 0 unspecified atom stereocenters. The van der Waals surface area contributed by atoms with Crippen molar-refractivity contribution in [1.82, 2.24) is 9.97 Å². The lowest BCUT2D eigenvalue weighted by Gasteiger charge is -2.09. The molecule has 3 rings (SSSR count). The molecule has 0 spiro atoms. The molecule has 1 amide bonds. The Morgan fingerprint density at radius 1 is 1.08 bits per heavy atom. The van der Waals surface area contributed by atoms with E-state index in [4.69, 9.17) is 11.6 Å². The van der Waals surface area contributed by atoms with Crippen LogP contribution in [-0.2, 0) is 0 Å². The highest BCUT2D eigenvalue weighted by Gasteiger charge is 2.11. The first-order valence-corrected chi connectivity index (χ1v) is 8.13. The van der Waals surface area contributed by atoms with E-state index in [2.05, 4.69) is 20.6 Å². The van der Waals surface area contributed by atoms with E-state index in [1.165, 1.54) is 0 Å². The number of nitrogens with zero attached hydrogens (tertiary/aromatic N) is 2. The molecule has 126 valence electrons. The molecule has 0 aliphatic heterocycles. The molecule has 0 aliphatic carbocycles. The van der Waals surface area contributed by atoms with Crippen LogP contribution in [0.15, 0.2) is 54.7 Å². The van der Waals surface area contributed by atoms with Crippen LogP contribution in [0.4, 0.5) is 17.3 Å². The number of rotatable bonds is 4. The largest absolute Gasteiger partial charge is 0.324 e. The Hall–Kier alpha value is -2.92. The zero-order valence-corrected chi connectivity index (χ0v) is 14.6. The average Bonchev–Trinajstić information content (AvgIpc) is 2.57. The van der Waals surface area contributed by atoms with Crippen molar-refractivity contribution in [2.75, 3.05) is 10.6 Å². The lowest BCUT2D eigenvalue weighted by Crippen LogP contribution is -2.15. The van der Waals surface area contributed by atoms with E-state index in [9.17, 15) is 4.79 Å². The maximum absolute atomic E-state index is 12.4. The smallest absolute Gasteiger partial charge is 0.274 e. The monoisotopic (exact) mass is 352 g/mol. The summed E-state index contributed by atoms with van der Waals surface area (Å²) in [5, 5.41) is 6.57. The molecule has 0 aliphatic rings. The number of hydrogen-bond acceptors (Lipinski definition) is 4. The molecule has 2 aromatic carbocycles. The van der Waals surface area contributed by atoms with Crippen molar-refractivity contribution >= 4 is 34.8 Å². The molecule has 0 fully saturated rings. The zero-order valence-electron chi connectivity index (χ0n) is 13.9. The topological polar surface area (TPSA) is 66.9 Å². The third kappa shape index (κ3) is 4.33. The number of halogens is 1. The lowest BCUT2D eigenvalue weighted by atomic mass is 10.2. The second-order valence-corrected chi connectivity index (χ2v) is 6.11. The Balaban J connectivity index is 1.77. The molecule has 0 saturated heterocycles. The van der Waals surface area contributed by atoms with Gasteiger partial charge in [-0.3, -0.25) is 4.79 Å². The molecule has 0 radical (unpaired) electrons. The van der Waals surface area contributed by atoms with Crippen molar-refractivity contribution in [3.63, 3.8) is 0 Å². The van der Waals surface area contributed by atoms with E-state index in [0.717, 1.165) is 16.8 Å². The number of carbonyl (C=O) groups excluding carboxylic acids is 1. The van der Waals surface area contributed by atoms with Crippen LogP contribution in [-0.4, -0.2) is 15.9 Å². The van der Waals surface area contributed by atoms with Crippen LogP contribution in [0.1, 0.15) is 21.6 Å². The van der Waals surface area contributed by atoms with Gasteiger partial charge in [-0.25, -0.2) is 9.97 Å². The molecular weight excluding hydrogens is 336 g/mol. The molecule has 1 heterocycles. The van der Waals surface area contributed by atoms with Crippen molar-refractivity contribution < 1.29 is 4.79 Å². The summed E-state index contributed by atoms with van der Waals surface area (Å²) in [5.74, 6) is 0.0613. The first kappa shape index (κ1) is 16.9. The Labute approximate surface area is 151 Å². The molecule has 5 nitrogen and oxygen atoms in total. The molecule has 6 heteroatoms. The van der Waals surface area contributed by atoms with E-state index in [0.29, 0.717) is 16.7 Å². The van der Waals surface area contributed by atoms with Crippen molar-refractivity contribution in [1.29, 1.82) is 0 Å². The van der Waals surface area contributed by atoms with Crippen LogP contribution >= 0.6 is 11.6 Å². The fraction of sp³-hybridized carbons (Fsp3) is 0.105. The summed E-state index contributed by atoms with van der Waals surface area (Å²) in [6.07, 6.45) is 1.55. The fourth-order valence-corrected chi connectivity index (χ4v) is 2.58. The molecule has 0 bridgehead atoms. The minimum atomic E-state index is -0.305. The minimum Gasteiger partial charge on any atom is -0.324 e. The van der Waals surface area contributed by atoms with Gasteiger partial charge in [-0.05, 0) is 61.4 Å². The van der Waals surface area contributed by atoms with Crippen molar-refractivity contribution in [2.45, 2.75) is 13.8 Å². The number of anilines is 3.